The zero-order valence-electron chi connectivity index (χ0n) is 8.85. The summed E-state index contributed by atoms with van der Waals surface area (Å²) in [5.41, 5.74) is 0.664. The summed E-state index contributed by atoms with van der Waals surface area (Å²) < 4.78 is 0. The Morgan fingerprint density at radius 3 is 2.39 bits per heavy atom. The van der Waals surface area contributed by atoms with Crippen molar-refractivity contribution >= 4 is 68.1 Å². The van der Waals surface area contributed by atoms with E-state index < -0.39 is 0 Å². The van der Waals surface area contributed by atoms with Gasteiger partial charge in [-0.3, -0.25) is 0 Å². The van der Waals surface area contributed by atoms with Crippen LogP contribution in [0.25, 0.3) is 21.7 Å². The molecule has 90 valence electrons. The molecular formula is C13H5Cl4N. The maximum Gasteiger partial charge on any atom is 0.149 e. The second kappa shape index (κ2) is 4.43. The molecule has 1 aromatic heterocycles. The number of rotatable bonds is 0. The fourth-order valence-corrected chi connectivity index (χ4v) is 2.96. The van der Waals surface area contributed by atoms with E-state index in [4.69, 9.17) is 46.4 Å². The molecule has 1 nitrogen and oxygen atoms in total. The van der Waals surface area contributed by atoms with Crippen LogP contribution in [0.5, 0.6) is 0 Å². The lowest BCUT2D eigenvalue weighted by Gasteiger charge is -2.09. The molecule has 0 bridgehead atoms. The largest absolute Gasteiger partial charge is 0.234 e. The normalized spacial score (nSPS) is 11.3. The third-order valence-corrected chi connectivity index (χ3v) is 4.29. The minimum Gasteiger partial charge on any atom is -0.234 e. The molecule has 3 aromatic rings. The van der Waals surface area contributed by atoms with Crippen LogP contribution in [0.3, 0.4) is 0 Å². The number of aromatic nitrogens is 1. The van der Waals surface area contributed by atoms with Crippen molar-refractivity contribution in [3.8, 4) is 0 Å². The average molecular weight is 317 g/mol. The average Bonchev–Trinajstić information content (AvgIpc) is 2.35. The molecule has 0 aliphatic heterocycles. The Hall–Kier alpha value is -0.730. The summed E-state index contributed by atoms with van der Waals surface area (Å²) in [6.45, 7) is 0. The molecule has 0 saturated carbocycles. The van der Waals surface area contributed by atoms with Crippen molar-refractivity contribution in [2.75, 3.05) is 0 Å². The van der Waals surface area contributed by atoms with E-state index in [0.717, 1.165) is 10.8 Å². The standard InChI is InChI=1S/C13H5Cl4N/c14-8-5-6-3-1-2-4-7(6)12-9(8)10(15)11(16)13(17)18-12/h1-5H. The van der Waals surface area contributed by atoms with Crippen LogP contribution in [0.15, 0.2) is 30.3 Å². The lowest BCUT2D eigenvalue weighted by molar-refractivity contribution is 1.42. The van der Waals surface area contributed by atoms with E-state index >= 15 is 0 Å². The van der Waals surface area contributed by atoms with E-state index in [1.54, 1.807) is 0 Å². The van der Waals surface area contributed by atoms with E-state index in [-0.39, 0.29) is 10.2 Å². The van der Waals surface area contributed by atoms with E-state index in [9.17, 15) is 0 Å². The highest BCUT2D eigenvalue weighted by atomic mass is 35.5. The van der Waals surface area contributed by atoms with Gasteiger partial charge in [-0.1, -0.05) is 70.7 Å². The molecule has 3 rings (SSSR count). The Labute approximate surface area is 123 Å². The number of nitrogens with zero attached hydrogens (tertiary/aromatic N) is 1. The molecule has 5 heteroatoms. The SMILES string of the molecule is Clc1nc2c(c(Cl)cc3ccccc32)c(Cl)c1Cl. The molecule has 18 heavy (non-hydrogen) atoms. The first-order chi connectivity index (χ1) is 8.59. The lowest BCUT2D eigenvalue weighted by atomic mass is 10.1. The summed E-state index contributed by atoms with van der Waals surface area (Å²) in [4.78, 5) is 4.29. The third-order valence-electron chi connectivity index (χ3n) is 2.78. The summed E-state index contributed by atoms with van der Waals surface area (Å²) in [7, 11) is 0. The summed E-state index contributed by atoms with van der Waals surface area (Å²) in [6, 6.07) is 9.61. The maximum atomic E-state index is 6.24. The molecule has 2 aromatic carbocycles. The van der Waals surface area contributed by atoms with Crippen molar-refractivity contribution in [2.45, 2.75) is 0 Å². The maximum absolute atomic E-state index is 6.24. The van der Waals surface area contributed by atoms with Gasteiger partial charge >= 0.3 is 0 Å². The summed E-state index contributed by atoms with van der Waals surface area (Å²) >= 11 is 24.4. The first-order valence-corrected chi connectivity index (χ1v) is 6.62. The van der Waals surface area contributed by atoms with Crippen molar-refractivity contribution in [2.24, 2.45) is 0 Å². The monoisotopic (exact) mass is 315 g/mol. The van der Waals surface area contributed by atoms with Gasteiger partial charge in [0, 0.05) is 10.8 Å². The molecule has 1 heterocycles. The van der Waals surface area contributed by atoms with E-state index in [0.29, 0.717) is 20.9 Å². The van der Waals surface area contributed by atoms with Crippen LogP contribution in [0.4, 0.5) is 0 Å². The highest BCUT2D eigenvalue weighted by molar-refractivity contribution is 6.52. The highest BCUT2D eigenvalue weighted by Crippen LogP contribution is 2.40. The first-order valence-electron chi connectivity index (χ1n) is 5.11. The Morgan fingerprint density at radius 2 is 1.61 bits per heavy atom. The molecule has 0 fully saturated rings. The Morgan fingerprint density at radius 1 is 0.889 bits per heavy atom. The quantitative estimate of drug-likeness (QED) is 0.366. The van der Waals surface area contributed by atoms with Crippen molar-refractivity contribution in [3.05, 3.63) is 50.6 Å². The van der Waals surface area contributed by atoms with Gasteiger partial charge in [0.2, 0.25) is 0 Å². The second-order valence-corrected chi connectivity index (χ2v) is 5.35. The predicted octanol–water partition coefficient (Wildman–Crippen LogP) is 6.00. The van der Waals surface area contributed by atoms with Gasteiger partial charge in [-0.05, 0) is 11.5 Å². The zero-order valence-corrected chi connectivity index (χ0v) is 11.9. The van der Waals surface area contributed by atoms with Crippen molar-refractivity contribution < 1.29 is 0 Å². The fourth-order valence-electron chi connectivity index (χ4n) is 1.97. The molecule has 0 atom stereocenters. The Balaban J connectivity index is 2.65. The molecular weight excluding hydrogens is 312 g/mol. The molecule has 0 saturated heterocycles. The number of pyridine rings is 1. The molecule has 0 amide bonds. The van der Waals surface area contributed by atoms with Crippen LogP contribution in [-0.2, 0) is 0 Å². The van der Waals surface area contributed by atoms with Gasteiger partial charge in [0.05, 0.1) is 20.6 Å². The first kappa shape index (κ1) is 12.3. The van der Waals surface area contributed by atoms with Crippen LogP contribution >= 0.6 is 46.4 Å². The molecule has 0 aliphatic rings. The van der Waals surface area contributed by atoms with E-state index in [1.165, 1.54) is 0 Å². The molecule has 0 radical (unpaired) electrons. The molecule has 0 spiro atoms. The minimum absolute atomic E-state index is 0.182. The van der Waals surface area contributed by atoms with Gasteiger partial charge in [-0.2, -0.15) is 0 Å². The van der Waals surface area contributed by atoms with E-state index in [2.05, 4.69) is 4.98 Å². The molecule has 0 aliphatic carbocycles. The van der Waals surface area contributed by atoms with Gasteiger partial charge < -0.3 is 0 Å². The van der Waals surface area contributed by atoms with Crippen LogP contribution in [0.1, 0.15) is 0 Å². The van der Waals surface area contributed by atoms with Crippen LogP contribution in [0, 0.1) is 0 Å². The summed E-state index contributed by atoms with van der Waals surface area (Å²) in [5.74, 6) is 0. The number of hydrogen-bond acceptors (Lipinski definition) is 1. The molecule has 0 N–H and O–H groups in total. The fraction of sp³-hybridized carbons (Fsp3) is 0. The van der Waals surface area contributed by atoms with Crippen molar-refractivity contribution in [1.82, 2.24) is 4.98 Å². The number of benzene rings is 2. The van der Waals surface area contributed by atoms with Crippen LogP contribution < -0.4 is 0 Å². The smallest absolute Gasteiger partial charge is 0.149 e. The predicted molar refractivity (Wildman–Crippen MR) is 79.3 cm³/mol. The minimum atomic E-state index is 0.182. The highest BCUT2D eigenvalue weighted by Gasteiger charge is 2.15. The second-order valence-electron chi connectivity index (χ2n) is 3.83. The van der Waals surface area contributed by atoms with Crippen LogP contribution in [-0.4, -0.2) is 4.98 Å². The van der Waals surface area contributed by atoms with Crippen molar-refractivity contribution in [1.29, 1.82) is 0 Å². The van der Waals surface area contributed by atoms with Gasteiger partial charge in [0.15, 0.2) is 0 Å². The number of fused-ring (bicyclic) bond motifs is 3. The third kappa shape index (κ3) is 1.74. The summed E-state index contributed by atoms with van der Waals surface area (Å²) in [5, 5.41) is 3.81. The molecule has 0 unspecified atom stereocenters. The Bertz CT molecular complexity index is 783. The van der Waals surface area contributed by atoms with Gasteiger partial charge in [0.25, 0.3) is 0 Å². The number of hydrogen-bond donors (Lipinski definition) is 0. The lowest BCUT2D eigenvalue weighted by Crippen LogP contribution is -1.87. The van der Waals surface area contributed by atoms with Gasteiger partial charge in [0.1, 0.15) is 5.15 Å². The zero-order chi connectivity index (χ0) is 12.9. The van der Waals surface area contributed by atoms with Gasteiger partial charge in [-0.25, -0.2) is 4.98 Å². The summed E-state index contributed by atoms with van der Waals surface area (Å²) in [6.07, 6.45) is 0. The Kier molecular flexibility index (Phi) is 3.03. The number of halogens is 4. The van der Waals surface area contributed by atoms with Crippen LogP contribution in [0.2, 0.25) is 20.2 Å². The van der Waals surface area contributed by atoms with Gasteiger partial charge in [-0.15, -0.1) is 0 Å². The van der Waals surface area contributed by atoms with Crippen molar-refractivity contribution in [3.63, 3.8) is 0 Å². The topological polar surface area (TPSA) is 12.9 Å². The van der Waals surface area contributed by atoms with E-state index in [1.807, 2.05) is 30.3 Å².